The summed E-state index contributed by atoms with van der Waals surface area (Å²) in [5.41, 5.74) is 2.90. The summed E-state index contributed by atoms with van der Waals surface area (Å²) >= 11 is 7.25. The van der Waals surface area contributed by atoms with Crippen LogP contribution in [0.3, 0.4) is 0 Å². The summed E-state index contributed by atoms with van der Waals surface area (Å²) in [6.07, 6.45) is 1.95. The van der Waals surface area contributed by atoms with Gasteiger partial charge in [0, 0.05) is 16.8 Å². The van der Waals surface area contributed by atoms with Crippen LogP contribution in [0, 0.1) is 5.82 Å². The molecular formula is C13H11ClFNS. The Bertz CT molecular complexity index is 531. The van der Waals surface area contributed by atoms with Crippen molar-refractivity contribution >= 4 is 29.0 Å². The van der Waals surface area contributed by atoms with Crippen LogP contribution in [0.15, 0.2) is 35.2 Å². The zero-order valence-electron chi connectivity index (χ0n) is 9.28. The van der Waals surface area contributed by atoms with Crippen molar-refractivity contribution < 1.29 is 4.39 Å². The molecule has 0 saturated heterocycles. The maximum absolute atomic E-state index is 12.8. The summed E-state index contributed by atoms with van der Waals surface area (Å²) in [5, 5.41) is 2.85. The molecule has 88 valence electrons. The fraction of sp³-hybridized carbons (Fsp3) is 0.154. The lowest BCUT2D eigenvalue weighted by Gasteiger charge is -1.95. The van der Waals surface area contributed by atoms with Crippen molar-refractivity contribution in [3.05, 3.63) is 46.7 Å². The van der Waals surface area contributed by atoms with Crippen LogP contribution < -0.4 is 0 Å². The second kappa shape index (κ2) is 5.43. The Morgan fingerprint density at radius 1 is 1.41 bits per heavy atom. The highest BCUT2D eigenvalue weighted by atomic mass is 35.5. The summed E-state index contributed by atoms with van der Waals surface area (Å²) in [7, 11) is 0. The molecule has 0 spiro atoms. The number of aromatic nitrogens is 1. The molecule has 0 amide bonds. The number of halogens is 2. The van der Waals surface area contributed by atoms with Crippen LogP contribution in [0.25, 0.3) is 16.6 Å². The highest BCUT2D eigenvalue weighted by Crippen LogP contribution is 2.24. The molecule has 0 bridgehead atoms. The average molecular weight is 268 g/mol. The normalized spacial score (nSPS) is 11.8. The van der Waals surface area contributed by atoms with E-state index < -0.39 is 0 Å². The van der Waals surface area contributed by atoms with Gasteiger partial charge in [-0.15, -0.1) is 22.9 Å². The molecule has 4 heteroatoms. The van der Waals surface area contributed by atoms with Gasteiger partial charge >= 0.3 is 0 Å². The van der Waals surface area contributed by atoms with Gasteiger partial charge in [0.1, 0.15) is 10.8 Å². The van der Waals surface area contributed by atoms with Crippen LogP contribution in [-0.2, 0) is 0 Å². The average Bonchev–Trinajstić information content (AvgIpc) is 2.78. The number of rotatable bonds is 3. The number of thiazole rings is 1. The SMILES string of the molecule is CC(=Cc1csc(-c2ccc(F)cc2)n1)CCl. The molecular weight excluding hydrogens is 257 g/mol. The van der Waals surface area contributed by atoms with Crippen LogP contribution >= 0.6 is 22.9 Å². The number of allylic oxidation sites excluding steroid dienone is 1. The Balaban J connectivity index is 2.27. The van der Waals surface area contributed by atoms with Crippen LogP contribution in [0.1, 0.15) is 12.6 Å². The van der Waals surface area contributed by atoms with Gasteiger partial charge in [-0.05, 0) is 37.3 Å². The van der Waals surface area contributed by atoms with Gasteiger partial charge in [-0.3, -0.25) is 0 Å². The van der Waals surface area contributed by atoms with E-state index in [0.717, 1.165) is 21.8 Å². The van der Waals surface area contributed by atoms with Gasteiger partial charge in [-0.2, -0.15) is 0 Å². The Hall–Kier alpha value is -1.19. The van der Waals surface area contributed by atoms with Gasteiger partial charge in [0.2, 0.25) is 0 Å². The Morgan fingerprint density at radius 3 is 2.76 bits per heavy atom. The van der Waals surface area contributed by atoms with Crippen LogP contribution in [0.2, 0.25) is 0 Å². The van der Waals surface area contributed by atoms with E-state index in [2.05, 4.69) is 4.98 Å². The monoisotopic (exact) mass is 267 g/mol. The van der Waals surface area contributed by atoms with Gasteiger partial charge in [0.25, 0.3) is 0 Å². The van der Waals surface area contributed by atoms with Crippen LogP contribution in [-0.4, -0.2) is 10.9 Å². The first-order chi connectivity index (χ1) is 8.19. The van der Waals surface area contributed by atoms with Crippen LogP contribution in [0.4, 0.5) is 4.39 Å². The molecule has 0 atom stereocenters. The van der Waals surface area contributed by atoms with E-state index in [9.17, 15) is 4.39 Å². The summed E-state index contributed by atoms with van der Waals surface area (Å²) in [4.78, 5) is 4.46. The lowest BCUT2D eigenvalue weighted by molar-refractivity contribution is 0.628. The number of alkyl halides is 1. The first-order valence-electron chi connectivity index (χ1n) is 5.13. The molecule has 0 unspecified atom stereocenters. The molecule has 0 radical (unpaired) electrons. The van der Waals surface area contributed by atoms with Crippen molar-refractivity contribution in [2.24, 2.45) is 0 Å². The maximum atomic E-state index is 12.8. The van der Waals surface area contributed by atoms with E-state index in [1.54, 1.807) is 12.1 Å². The third-order valence-corrected chi connectivity index (χ3v) is 3.55. The van der Waals surface area contributed by atoms with E-state index in [4.69, 9.17) is 11.6 Å². The van der Waals surface area contributed by atoms with E-state index in [1.807, 2.05) is 18.4 Å². The molecule has 0 saturated carbocycles. The van der Waals surface area contributed by atoms with Crippen molar-refractivity contribution in [3.63, 3.8) is 0 Å². The fourth-order valence-electron chi connectivity index (χ4n) is 1.37. The standard InChI is InChI=1S/C13H11ClFNS/c1-9(7-14)6-12-8-17-13(16-12)10-2-4-11(15)5-3-10/h2-6,8H,7H2,1H3. The van der Waals surface area contributed by atoms with E-state index >= 15 is 0 Å². The lowest BCUT2D eigenvalue weighted by Crippen LogP contribution is -1.80. The Kier molecular flexibility index (Phi) is 3.92. The molecule has 2 rings (SSSR count). The largest absolute Gasteiger partial charge is 0.237 e. The molecule has 17 heavy (non-hydrogen) atoms. The highest BCUT2D eigenvalue weighted by molar-refractivity contribution is 7.13. The Morgan fingerprint density at radius 2 is 2.12 bits per heavy atom. The van der Waals surface area contributed by atoms with E-state index in [1.165, 1.54) is 23.5 Å². The Labute approximate surface area is 109 Å². The first-order valence-corrected chi connectivity index (χ1v) is 6.55. The minimum Gasteiger partial charge on any atom is -0.237 e. The molecule has 1 aromatic carbocycles. The number of nitrogens with zero attached hydrogens (tertiary/aromatic N) is 1. The number of hydrogen-bond donors (Lipinski definition) is 0. The first kappa shape index (κ1) is 12.3. The maximum Gasteiger partial charge on any atom is 0.124 e. The van der Waals surface area contributed by atoms with E-state index in [-0.39, 0.29) is 5.82 Å². The van der Waals surface area contributed by atoms with Crippen molar-refractivity contribution in [1.29, 1.82) is 0 Å². The quantitative estimate of drug-likeness (QED) is 0.741. The molecule has 0 aliphatic carbocycles. The minimum absolute atomic E-state index is 0.233. The second-order valence-electron chi connectivity index (χ2n) is 3.71. The van der Waals surface area contributed by atoms with Crippen molar-refractivity contribution in [2.45, 2.75) is 6.92 Å². The molecule has 0 aliphatic heterocycles. The zero-order chi connectivity index (χ0) is 12.3. The third-order valence-electron chi connectivity index (χ3n) is 2.22. The number of benzene rings is 1. The van der Waals surface area contributed by atoms with Gasteiger partial charge in [0.15, 0.2) is 0 Å². The predicted molar refractivity (Wildman–Crippen MR) is 71.9 cm³/mol. The topological polar surface area (TPSA) is 12.9 Å². The number of hydrogen-bond acceptors (Lipinski definition) is 2. The van der Waals surface area contributed by atoms with Crippen molar-refractivity contribution in [1.82, 2.24) is 4.98 Å². The molecule has 0 fully saturated rings. The van der Waals surface area contributed by atoms with Gasteiger partial charge in [-0.25, -0.2) is 9.37 Å². The van der Waals surface area contributed by atoms with Crippen LogP contribution in [0.5, 0.6) is 0 Å². The molecule has 0 N–H and O–H groups in total. The summed E-state index contributed by atoms with van der Waals surface area (Å²) < 4.78 is 12.8. The second-order valence-corrected chi connectivity index (χ2v) is 4.83. The fourth-order valence-corrected chi connectivity index (χ4v) is 2.23. The molecule has 0 aliphatic rings. The van der Waals surface area contributed by atoms with Gasteiger partial charge in [-0.1, -0.05) is 5.57 Å². The zero-order valence-corrected chi connectivity index (χ0v) is 10.9. The molecule has 2 aromatic rings. The lowest BCUT2D eigenvalue weighted by atomic mass is 10.2. The van der Waals surface area contributed by atoms with E-state index in [0.29, 0.717) is 5.88 Å². The smallest absolute Gasteiger partial charge is 0.124 e. The third kappa shape index (κ3) is 3.14. The molecule has 1 aromatic heterocycles. The summed E-state index contributed by atoms with van der Waals surface area (Å²) in [6.45, 7) is 1.96. The minimum atomic E-state index is -0.233. The highest BCUT2D eigenvalue weighted by Gasteiger charge is 2.03. The van der Waals surface area contributed by atoms with Gasteiger partial charge < -0.3 is 0 Å². The molecule has 1 nitrogen and oxygen atoms in total. The van der Waals surface area contributed by atoms with Gasteiger partial charge in [0.05, 0.1) is 5.69 Å². The predicted octanol–water partition coefficient (Wildman–Crippen LogP) is 4.59. The van der Waals surface area contributed by atoms with Crippen molar-refractivity contribution in [3.8, 4) is 10.6 Å². The summed E-state index contributed by atoms with van der Waals surface area (Å²) in [5.74, 6) is 0.270. The van der Waals surface area contributed by atoms with Crippen molar-refractivity contribution in [2.75, 3.05) is 5.88 Å². The molecule has 1 heterocycles. The summed E-state index contributed by atoms with van der Waals surface area (Å²) in [6, 6.07) is 6.35.